The number of nitrogens with one attached hydrogen (secondary N) is 2. The maximum Gasteiger partial charge on any atom is 0.256 e. The van der Waals surface area contributed by atoms with Crippen molar-refractivity contribution in [3.8, 4) is 45.1 Å². The van der Waals surface area contributed by atoms with Gasteiger partial charge in [0.1, 0.15) is 11.5 Å². The molecule has 8 nitrogen and oxygen atoms in total. The molecule has 0 aliphatic heterocycles. The van der Waals surface area contributed by atoms with Gasteiger partial charge >= 0.3 is 0 Å². The minimum Gasteiger partial charge on any atom is -0.495 e. The third kappa shape index (κ3) is 7.15. The van der Waals surface area contributed by atoms with Crippen molar-refractivity contribution in [3.63, 3.8) is 0 Å². The van der Waals surface area contributed by atoms with Gasteiger partial charge in [-0.15, -0.1) is 0 Å². The number of rotatable bonds is 9. The van der Waals surface area contributed by atoms with Crippen molar-refractivity contribution < 1.29 is 19.1 Å². The molecule has 0 atom stereocenters. The average molecular weight is 735 g/mol. The quantitative estimate of drug-likeness (QED) is 0.153. The van der Waals surface area contributed by atoms with Crippen molar-refractivity contribution in [2.75, 3.05) is 24.9 Å². The number of ether oxygens (including phenoxy) is 2. The molecule has 2 heterocycles. The number of para-hydroxylation sites is 2. The Morgan fingerprint density at radius 3 is 1.30 bits per heavy atom. The molecule has 0 aliphatic carbocycles. The van der Waals surface area contributed by atoms with Gasteiger partial charge in [0.2, 0.25) is 0 Å². The Morgan fingerprint density at radius 2 is 0.893 bits per heavy atom. The zero-order chi connectivity index (χ0) is 38.8. The normalized spacial score (nSPS) is 11.0. The van der Waals surface area contributed by atoms with Gasteiger partial charge in [-0.3, -0.25) is 9.59 Å². The number of benzene rings is 6. The summed E-state index contributed by atoms with van der Waals surface area (Å²) in [6.45, 7) is 4.06. The number of carbonyl (C=O) groups excluding carboxylic acids is 2. The second-order valence-corrected chi connectivity index (χ2v) is 13.6. The second kappa shape index (κ2) is 15.2. The Balaban J connectivity index is 1.06. The predicted molar refractivity (Wildman–Crippen MR) is 225 cm³/mol. The molecule has 274 valence electrons. The van der Waals surface area contributed by atoms with Crippen molar-refractivity contribution in [3.05, 3.63) is 168 Å². The summed E-state index contributed by atoms with van der Waals surface area (Å²) in [6, 6.07) is 46.2. The number of hydrogen-bond acceptors (Lipinski definition) is 6. The molecule has 0 saturated carbocycles. The first-order valence-electron chi connectivity index (χ1n) is 18.2. The average Bonchev–Trinajstić information content (AvgIpc) is 3.23. The smallest absolute Gasteiger partial charge is 0.256 e. The number of carbonyl (C=O) groups is 2. The minimum atomic E-state index is -0.279. The van der Waals surface area contributed by atoms with Crippen LogP contribution in [0, 0.1) is 13.8 Å². The summed E-state index contributed by atoms with van der Waals surface area (Å²) in [6.07, 6.45) is 0. The highest BCUT2D eigenvalue weighted by atomic mass is 16.5. The molecule has 0 radical (unpaired) electrons. The third-order valence-corrected chi connectivity index (χ3v) is 9.78. The van der Waals surface area contributed by atoms with E-state index in [1.54, 1.807) is 14.2 Å². The lowest BCUT2D eigenvalue weighted by Crippen LogP contribution is -2.14. The fourth-order valence-electron chi connectivity index (χ4n) is 6.96. The molecule has 2 aromatic heterocycles. The van der Waals surface area contributed by atoms with E-state index in [1.165, 1.54) is 0 Å². The summed E-state index contributed by atoms with van der Waals surface area (Å²) < 4.78 is 11.6. The van der Waals surface area contributed by atoms with Crippen molar-refractivity contribution in [1.82, 2.24) is 9.97 Å². The number of anilines is 2. The van der Waals surface area contributed by atoms with Crippen LogP contribution < -0.4 is 20.1 Å². The molecule has 0 fully saturated rings. The Kier molecular flexibility index (Phi) is 9.69. The SMILES string of the molecule is COc1cc(-c2ccc(NC(=O)c3cc(-c4cccc(C)c4)nc4ccccc34)c(OC)c2)ccc1NC(=O)c1cc(-c2cccc(C)c2)nc2ccccc12. The maximum atomic E-state index is 13.9. The molecule has 0 spiro atoms. The highest BCUT2D eigenvalue weighted by Crippen LogP contribution is 2.36. The van der Waals surface area contributed by atoms with E-state index in [-0.39, 0.29) is 11.8 Å². The largest absolute Gasteiger partial charge is 0.495 e. The van der Waals surface area contributed by atoms with Crippen LogP contribution in [0.3, 0.4) is 0 Å². The number of aryl methyl sites for hydroxylation is 2. The molecule has 0 unspecified atom stereocenters. The van der Waals surface area contributed by atoms with E-state index in [2.05, 4.69) is 22.8 Å². The first kappa shape index (κ1) is 35.7. The third-order valence-electron chi connectivity index (χ3n) is 9.78. The summed E-state index contributed by atoms with van der Waals surface area (Å²) in [7, 11) is 3.14. The standard InChI is InChI=1S/C48H38N4O4/c1-29-11-9-13-33(23-29)43-27-37(35-15-5-7-17-39(35)49-43)47(53)51-41-21-19-31(25-45(41)55-3)32-20-22-42(46(26-32)56-4)52-48(54)38-28-44(34-14-10-12-30(2)24-34)50-40-18-8-6-16-36(38)40/h5-28H,1-4H3,(H,51,53)(H,52,54). The molecule has 2 amide bonds. The van der Waals surface area contributed by atoms with E-state index in [0.717, 1.165) is 66.6 Å². The molecule has 2 N–H and O–H groups in total. The van der Waals surface area contributed by atoms with E-state index >= 15 is 0 Å². The van der Waals surface area contributed by atoms with Gasteiger partial charge in [-0.1, -0.05) is 96.1 Å². The lowest BCUT2D eigenvalue weighted by atomic mass is 10.0. The zero-order valence-corrected chi connectivity index (χ0v) is 31.4. The lowest BCUT2D eigenvalue weighted by molar-refractivity contribution is 0.102. The number of hydrogen-bond donors (Lipinski definition) is 2. The minimum absolute atomic E-state index is 0.279. The van der Waals surface area contributed by atoms with Gasteiger partial charge < -0.3 is 20.1 Å². The molecule has 56 heavy (non-hydrogen) atoms. The van der Waals surface area contributed by atoms with Crippen LogP contribution in [0.25, 0.3) is 55.4 Å². The van der Waals surface area contributed by atoms with Gasteiger partial charge in [0.05, 0.1) is 59.1 Å². The first-order valence-corrected chi connectivity index (χ1v) is 18.2. The maximum absolute atomic E-state index is 13.9. The molecular weight excluding hydrogens is 697 g/mol. The molecule has 0 bridgehead atoms. The van der Waals surface area contributed by atoms with E-state index in [9.17, 15) is 9.59 Å². The van der Waals surface area contributed by atoms with Crippen LogP contribution in [0.2, 0.25) is 0 Å². The van der Waals surface area contributed by atoms with E-state index < -0.39 is 0 Å². The highest BCUT2D eigenvalue weighted by molar-refractivity contribution is 6.14. The van der Waals surface area contributed by atoms with Crippen molar-refractivity contribution >= 4 is 45.0 Å². The fraction of sp³-hybridized carbons (Fsp3) is 0.0833. The molecule has 8 aromatic rings. The molecule has 6 aromatic carbocycles. The highest BCUT2D eigenvalue weighted by Gasteiger charge is 2.19. The molecule has 0 saturated heterocycles. The van der Waals surface area contributed by atoms with Gasteiger partial charge in [-0.05, 0) is 85.6 Å². The summed E-state index contributed by atoms with van der Waals surface area (Å²) in [5.41, 5.74) is 10.7. The monoisotopic (exact) mass is 734 g/mol. The van der Waals surface area contributed by atoms with E-state index in [0.29, 0.717) is 34.0 Å². The number of methoxy groups -OCH3 is 2. The summed E-state index contributed by atoms with van der Waals surface area (Å²) in [4.78, 5) is 37.6. The number of amides is 2. The molecule has 8 rings (SSSR count). The fourth-order valence-corrected chi connectivity index (χ4v) is 6.96. The Morgan fingerprint density at radius 1 is 0.464 bits per heavy atom. The van der Waals surface area contributed by atoms with Crippen LogP contribution in [0.15, 0.2) is 146 Å². The predicted octanol–water partition coefficient (Wildman–Crippen LogP) is 10.9. The lowest BCUT2D eigenvalue weighted by Gasteiger charge is -2.16. The van der Waals surface area contributed by atoms with Gasteiger partial charge in [0, 0.05) is 21.9 Å². The number of pyridine rings is 2. The van der Waals surface area contributed by atoms with Crippen LogP contribution in [-0.4, -0.2) is 36.0 Å². The number of nitrogens with zero attached hydrogens (tertiary/aromatic N) is 2. The van der Waals surface area contributed by atoms with E-state index in [4.69, 9.17) is 19.4 Å². The van der Waals surface area contributed by atoms with Crippen LogP contribution in [0.4, 0.5) is 11.4 Å². The Hall–Kier alpha value is -7.32. The second-order valence-electron chi connectivity index (χ2n) is 13.6. The van der Waals surface area contributed by atoms with Crippen LogP contribution in [0.1, 0.15) is 31.8 Å². The van der Waals surface area contributed by atoms with Gasteiger partial charge in [0.25, 0.3) is 11.8 Å². The zero-order valence-electron chi connectivity index (χ0n) is 31.4. The van der Waals surface area contributed by atoms with Gasteiger partial charge in [-0.25, -0.2) is 9.97 Å². The van der Waals surface area contributed by atoms with Crippen LogP contribution in [-0.2, 0) is 0 Å². The summed E-state index contributed by atoms with van der Waals surface area (Å²) in [5.74, 6) is 0.411. The topological polar surface area (TPSA) is 102 Å². The van der Waals surface area contributed by atoms with Crippen LogP contribution >= 0.6 is 0 Å². The van der Waals surface area contributed by atoms with Crippen molar-refractivity contribution in [1.29, 1.82) is 0 Å². The summed E-state index contributed by atoms with van der Waals surface area (Å²) in [5, 5.41) is 7.64. The van der Waals surface area contributed by atoms with Gasteiger partial charge in [0.15, 0.2) is 0 Å². The molecule has 8 heteroatoms. The molecular formula is C48H38N4O4. The Labute approximate surface area is 324 Å². The summed E-state index contributed by atoms with van der Waals surface area (Å²) >= 11 is 0. The Bertz CT molecular complexity index is 2620. The number of fused-ring (bicyclic) bond motifs is 2. The van der Waals surface area contributed by atoms with Crippen molar-refractivity contribution in [2.45, 2.75) is 13.8 Å². The van der Waals surface area contributed by atoms with Crippen LogP contribution in [0.5, 0.6) is 11.5 Å². The van der Waals surface area contributed by atoms with Gasteiger partial charge in [-0.2, -0.15) is 0 Å². The number of aromatic nitrogens is 2. The van der Waals surface area contributed by atoms with E-state index in [1.807, 2.05) is 147 Å². The molecule has 0 aliphatic rings. The first-order chi connectivity index (χ1) is 27.3. The van der Waals surface area contributed by atoms with Crippen molar-refractivity contribution in [2.24, 2.45) is 0 Å².